The SMILES string of the molecule is OCCN(Cc1nc(-c2ccccc2OC(F)F)no1)C1CC1. The summed E-state index contributed by atoms with van der Waals surface area (Å²) in [6.07, 6.45) is 2.18. The molecule has 8 heteroatoms. The van der Waals surface area contributed by atoms with Gasteiger partial charge < -0.3 is 14.4 Å². The molecule has 1 heterocycles. The van der Waals surface area contributed by atoms with Crippen LogP contribution in [0.2, 0.25) is 0 Å². The third-order valence-electron chi connectivity index (χ3n) is 3.60. The van der Waals surface area contributed by atoms with Gasteiger partial charge in [-0.1, -0.05) is 17.3 Å². The lowest BCUT2D eigenvalue weighted by Crippen LogP contribution is -2.28. The highest BCUT2D eigenvalue weighted by Crippen LogP contribution is 2.30. The molecule has 1 aromatic heterocycles. The first-order valence-electron chi connectivity index (χ1n) is 7.39. The Bertz CT molecular complexity index is 646. The fourth-order valence-electron chi connectivity index (χ4n) is 2.41. The predicted molar refractivity (Wildman–Crippen MR) is 76.9 cm³/mol. The van der Waals surface area contributed by atoms with Crippen LogP contribution in [0.5, 0.6) is 5.75 Å². The first-order chi connectivity index (χ1) is 11.2. The molecule has 6 nitrogen and oxygen atoms in total. The van der Waals surface area contributed by atoms with E-state index in [4.69, 9.17) is 9.63 Å². The van der Waals surface area contributed by atoms with Gasteiger partial charge in [-0.3, -0.25) is 4.90 Å². The van der Waals surface area contributed by atoms with E-state index >= 15 is 0 Å². The smallest absolute Gasteiger partial charge is 0.387 e. The molecule has 0 bridgehead atoms. The fraction of sp³-hybridized carbons (Fsp3) is 0.467. The molecule has 1 fully saturated rings. The number of hydrogen-bond acceptors (Lipinski definition) is 6. The minimum Gasteiger partial charge on any atom is -0.434 e. The molecule has 2 aromatic rings. The van der Waals surface area contributed by atoms with Gasteiger partial charge in [0.25, 0.3) is 0 Å². The van der Waals surface area contributed by atoms with Crippen molar-refractivity contribution < 1.29 is 23.1 Å². The van der Waals surface area contributed by atoms with Crippen molar-refractivity contribution in [2.24, 2.45) is 0 Å². The number of hydrogen-bond donors (Lipinski definition) is 1. The molecule has 0 spiro atoms. The van der Waals surface area contributed by atoms with E-state index in [0.29, 0.717) is 30.6 Å². The van der Waals surface area contributed by atoms with Crippen molar-refractivity contribution in [3.63, 3.8) is 0 Å². The summed E-state index contributed by atoms with van der Waals surface area (Å²) in [6.45, 7) is -1.90. The number of nitrogens with zero attached hydrogens (tertiary/aromatic N) is 3. The molecule has 0 radical (unpaired) electrons. The molecule has 23 heavy (non-hydrogen) atoms. The topological polar surface area (TPSA) is 71.6 Å². The van der Waals surface area contributed by atoms with E-state index in [-0.39, 0.29) is 18.2 Å². The third kappa shape index (κ3) is 4.02. The van der Waals surface area contributed by atoms with Gasteiger partial charge >= 0.3 is 6.61 Å². The van der Waals surface area contributed by atoms with Crippen molar-refractivity contribution in [3.8, 4) is 17.1 Å². The quantitative estimate of drug-likeness (QED) is 0.803. The molecule has 1 N–H and O–H groups in total. The van der Waals surface area contributed by atoms with Crippen molar-refractivity contribution in [1.82, 2.24) is 15.0 Å². The summed E-state index contributed by atoms with van der Waals surface area (Å²) in [5.74, 6) is 0.590. The average Bonchev–Trinajstić information content (AvgIpc) is 3.27. The standard InChI is InChI=1S/C15H17F2N3O3/c16-15(17)22-12-4-2-1-3-11(12)14-18-13(23-19-14)9-20(7-8-21)10-5-6-10/h1-4,10,15,21H,5-9H2. The molecule has 1 aliphatic rings. The van der Waals surface area contributed by atoms with Crippen LogP contribution in [-0.2, 0) is 6.54 Å². The van der Waals surface area contributed by atoms with E-state index < -0.39 is 6.61 Å². The molecule has 0 aliphatic heterocycles. The van der Waals surface area contributed by atoms with Crippen molar-refractivity contribution >= 4 is 0 Å². The zero-order chi connectivity index (χ0) is 16.2. The van der Waals surface area contributed by atoms with Gasteiger partial charge in [0.2, 0.25) is 11.7 Å². The number of aliphatic hydroxyl groups excluding tert-OH is 1. The summed E-state index contributed by atoms with van der Waals surface area (Å²) in [5.41, 5.74) is 0.350. The monoisotopic (exact) mass is 325 g/mol. The Hall–Kier alpha value is -2.06. The Morgan fingerprint density at radius 3 is 2.83 bits per heavy atom. The first kappa shape index (κ1) is 15.8. The Labute approximate surface area is 131 Å². The molecule has 0 atom stereocenters. The first-order valence-corrected chi connectivity index (χ1v) is 7.39. The van der Waals surface area contributed by atoms with Gasteiger partial charge in [0.1, 0.15) is 5.75 Å². The third-order valence-corrected chi connectivity index (χ3v) is 3.60. The fourth-order valence-corrected chi connectivity index (χ4v) is 2.41. The number of benzene rings is 1. The van der Waals surface area contributed by atoms with Gasteiger partial charge in [0.15, 0.2) is 0 Å². The number of aliphatic hydroxyl groups is 1. The van der Waals surface area contributed by atoms with Crippen molar-refractivity contribution in [1.29, 1.82) is 0 Å². The highest BCUT2D eigenvalue weighted by Gasteiger charge is 2.30. The van der Waals surface area contributed by atoms with Crippen LogP contribution in [0.1, 0.15) is 18.7 Å². The normalized spacial score (nSPS) is 14.7. The van der Waals surface area contributed by atoms with E-state index in [1.165, 1.54) is 6.07 Å². The summed E-state index contributed by atoms with van der Waals surface area (Å²) in [6, 6.07) is 6.75. The zero-order valence-corrected chi connectivity index (χ0v) is 12.4. The summed E-state index contributed by atoms with van der Waals surface area (Å²) < 4.78 is 34.6. The van der Waals surface area contributed by atoms with Gasteiger partial charge in [-0.2, -0.15) is 13.8 Å². The number of halogens is 2. The number of ether oxygens (including phenoxy) is 1. The van der Waals surface area contributed by atoms with Crippen LogP contribution >= 0.6 is 0 Å². The Morgan fingerprint density at radius 2 is 2.13 bits per heavy atom. The molecule has 1 aliphatic carbocycles. The van der Waals surface area contributed by atoms with Crippen molar-refractivity contribution in [3.05, 3.63) is 30.2 Å². The minimum atomic E-state index is -2.92. The second-order valence-corrected chi connectivity index (χ2v) is 5.31. The van der Waals surface area contributed by atoms with Gasteiger partial charge in [0, 0.05) is 12.6 Å². The lowest BCUT2D eigenvalue weighted by Gasteiger charge is -2.17. The molecule has 0 saturated heterocycles. The van der Waals surface area contributed by atoms with Crippen LogP contribution < -0.4 is 4.74 Å². The minimum absolute atomic E-state index is 0.00394. The van der Waals surface area contributed by atoms with E-state index in [9.17, 15) is 8.78 Å². The van der Waals surface area contributed by atoms with E-state index in [0.717, 1.165) is 12.8 Å². The second kappa shape index (κ2) is 7.01. The lowest BCUT2D eigenvalue weighted by molar-refractivity contribution is -0.0494. The van der Waals surface area contributed by atoms with Crippen LogP contribution in [0, 0.1) is 0 Å². The highest BCUT2D eigenvalue weighted by molar-refractivity contribution is 5.63. The van der Waals surface area contributed by atoms with E-state index in [1.54, 1.807) is 18.2 Å². The zero-order valence-electron chi connectivity index (χ0n) is 12.4. The number of para-hydroxylation sites is 1. The van der Waals surface area contributed by atoms with Gasteiger partial charge in [-0.25, -0.2) is 0 Å². The lowest BCUT2D eigenvalue weighted by atomic mass is 10.2. The molecule has 1 aromatic carbocycles. The Balaban J connectivity index is 1.76. The summed E-state index contributed by atoms with van der Waals surface area (Å²) in [5, 5.41) is 12.9. The molecular formula is C15H17F2N3O3. The van der Waals surface area contributed by atoms with Crippen LogP contribution in [0.25, 0.3) is 11.4 Å². The second-order valence-electron chi connectivity index (χ2n) is 5.31. The molecule has 0 amide bonds. The van der Waals surface area contributed by atoms with Gasteiger partial charge in [-0.05, 0) is 25.0 Å². The van der Waals surface area contributed by atoms with Gasteiger partial charge in [0.05, 0.1) is 18.7 Å². The molecule has 1 saturated carbocycles. The van der Waals surface area contributed by atoms with Crippen molar-refractivity contribution in [2.75, 3.05) is 13.2 Å². The van der Waals surface area contributed by atoms with Gasteiger partial charge in [-0.15, -0.1) is 0 Å². The van der Waals surface area contributed by atoms with E-state index in [2.05, 4.69) is 19.8 Å². The van der Waals surface area contributed by atoms with Crippen LogP contribution in [0.15, 0.2) is 28.8 Å². The van der Waals surface area contributed by atoms with Crippen LogP contribution in [-0.4, -0.2) is 46.0 Å². The summed E-state index contributed by atoms with van der Waals surface area (Å²) in [4.78, 5) is 6.32. The predicted octanol–water partition coefficient (Wildman–Crippen LogP) is 2.29. The number of alkyl halides is 2. The maximum absolute atomic E-state index is 12.5. The Morgan fingerprint density at radius 1 is 1.35 bits per heavy atom. The summed E-state index contributed by atoms with van der Waals surface area (Å²) >= 11 is 0. The molecule has 0 unspecified atom stereocenters. The van der Waals surface area contributed by atoms with Crippen molar-refractivity contribution in [2.45, 2.75) is 32.0 Å². The molecule has 124 valence electrons. The van der Waals surface area contributed by atoms with E-state index in [1.807, 2.05) is 0 Å². The average molecular weight is 325 g/mol. The van der Waals surface area contributed by atoms with Crippen LogP contribution in [0.3, 0.4) is 0 Å². The van der Waals surface area contributed by atoms with Crippen LogP contribution in [0.4, 0.5) is 8.78 Å². The number of aromatic nitrogens is 2. The number of rotatable bonds is 8. The largest absolute Gasteiger partial charge is 0.434 e. The highest BCUT2D eigenvalue weighted by atomic mass is 19.3. The maximum Gasteiger partial charge on any atom is 0.387 e. The molecular weight excluding hydrogens is 308 g/mol. The Kier molecular flexibility index (Phi) is 4.82. The maximum atomic E-state index is 12.5. The summed E-state index contributed by atoms with van der Waals surface area (Å²) in [7, 11) is 0. The molecule has 3 rings (SSSR count).